The van der Waals surface area contributed by atoms with Gasteiger partial charge in [0.25, 0.3) is 0 Å². The molecule has 0 aromatic carbocycles. The molecule has 1 saturated heterocycles. The lowest BCUT2D eigenvalue weighted by Gasteiger charge is -2.28. The monoisotopic (exact) mass is 271 g/mol. The normalized spacial score (nSPS) is 26.1. The topological polar surface area (TPSA) is 56.8 Å². The minimum Gasteiger partial charge on any atom is -0.468 e. The van der Waals surface area contributed by atoms with Gasteiger partial charge in [-0.15, -0.1) is 0 Å². The van der Waals surface area contributed by atoms with Gasteiger partial charge in [0.1, 0.15) is 5.54 Å². The molecule has 1 saturated carbocycles. The average molecular weight is 271 g/mol. The number of hydrogen-bond donors (Lipinski definition) is 1. The van der Waals surface area contributed by atoms with E-state index in [0.717, 1.165) is 32.3 Å². The summed E-state index contributed by atoms with van der Waals surface area (Å²) in [5, 5.41) is 3.36. The molecule has 19 heavy (non-hydrogen) atoms. The third-order valence-electron chi connectivity index (χ3n) is 3.81. The molecular formula is C14H25NO4. The first-order valence-corrected chi connectivity index (χ1v) is 7.19. The minimum absolute atomic E-state index is 0.208. The van der Waals surface area contributed by atoms with Gasteiger partial charge in [0.2, 0.25) is 0 Å². The maximum atomic E-state index is 11.9. The molecule has 0 aromatic heterocycles. The molecule has 1 N–H and O–H groups in total. The highest BCUT2D eigenvalue weighted by Crippen LogP contribution is 2.25. The first-order valence-electron chi connectivity index (χ1n) is 7.19. The van der Waals surface area contributed by atoms with Crippen molar-refractivity contribution in [2.24, 2.45) is 0 Å². The average Bonchev–Trinajstić information content (AvgIpc) is 3.06. The summed E-state index contributed by atoms with van der Waals surface area (Å²) < 4.78 is 16.0. The Labute approximate surface area is 115 Å². The summed E-state index contributed by atoms with van der Waals surface area (Å²) in [5.41, 5.74) is -0.632. The van der Waals surface area contributed by atoms with E-state index in [-0.39, 0.29) is 12.1 Å². The van der Waals surface area contributed by atoms with Crippen molar-refractivity contribution in [3.8, 4) is 0 Å². The first kappa shape index (κ1) is 14.8. The van der Waals surface area contributed by atoms with Gasteiger partial charge >= 0.3 is 5.97 Å². The molecule has 1 aliphatic carbocycles. The van der Waals surface area contributed by atoms with Crippen LogP contribution in [0.25, 0.3) is 0 Å². The highest BCUT2D eigenvalue weighted by molar-refractivity contribution is 5.80. The van der Waals surface area contributed by atoms with E-state index in [4.69, 9.17) is 14.2 Å². The Balaban J connectivity index is 1.70. The highest BCUT2D eigenvalue weighted by atomic mass is 16.5. The van der Waals surface area contributed by atoms with E-state index in [1.165, 1.54) is 7.11 Å². The van der Waals surface area contributed by atoms with Crippen LogP contribution in [0.15, 0.2) is 0 Å². The fraction of sp³-hybridized carbons (Fsp3) is 0.929. The van der Waals surface area contributed by atoms with Crippen LogP contribution in [0.1, 0.15) is 39.0 Å². The summed E-state index contributed by atoms with van der Waals surface area (Å²) in [6.07, 6.45) is 5.35. The number of methoxy groups -OCH3 is 1. The van der Waals surface area contributed by atoms with E-state index in [2.05, 4.69) is 5.32 Å². The van der Waals surface area contributed by atoms with Crippen LogP contribution < -0.4 is 5.32 Å². The molecule has 0 spiro atoms. The maximum Gasteiger partial charge on any atom is 0.325 e. The van der Waals surface area contributed by atoms with E-state index in [1.807, 2.05) is 6.92 Å². The number of carbonyl (C=O) groups excluding carboxylic acids is 1. The van der Waals surface area contributed by atoms with E-state index >= 15 is 0 Å². The summed E-state index contributed by atoms with van der Waals surface area (Å²) in [5.74, 6) is -0.208. The second-order valence-electron chi connectivity index (χ2n) is 5.70. The minimum atomic E-state index is -0.632. The maximum absolute atomic E-state index is 11.9. The van der Waals surface area contributed by atoms with Gasteiger partial charge < -0.3 is 14.2 Å². The van der Waals surface area contributed by atoms with Gasteiger partial charge in [0.05, 0.1) is 19.8 Å². The lowest BCUT2D eigenvalue weighted by atomic mass is 9.98. The van der Waals surface area contributed by atoms with Crippen LogP contribution in [0.2, 0.25) is 0 Å². The molecule has 0 amide bonds. The summed E-state index contributed by atoms with van der Waals surface area (Å²) in [4.78, 5) is 11.9. The molecule has 1 aliphatic heterocycles. The fourth-order valence-corrected chi connectivity index (χ4v) is 2.40. The Kier molecular flexibility index (Phi) is 5.19. The highest BCUT2D eigenvalue weighted by Gasteiger charge is 2.39. The van der Waals surface area contributed by atoms with E-state index < -0.39 is 5.54 Å². The molecule has 2 atom stereocenters. The lowest BCUT2D eigenvalue weighted by molar-refractivity contribution is -0.149. The number of rotatable bonds is 8. The molecule has 0 bridgehead atoms. The predicted octanol–water partition coefficient (Wildman–Crippen LogP) is 1.26. The van der Waals surface area contributed by atoms with Crippen LogP contribution in [0, 0.1) is 0 Å². The number of nitrogens with one attached hydrogen (secondary N) is 1. The Bertz CT molecular complexity index is 300. The summed E-state index contributed by atoms with van der Waals surface area (Å²) >= 11 is 0. The third-order valence-corrected chi connectivity index (χ3v) is 3.81. The lowest BCUT2D eigenvalue weighted by Crippen LogP contribution is -2.52. The summed E-state index contributed by atoms with van der Waals surface area (Å²) in [6, 6.07) is 0.460. The van der Waals surface area contributed by atoms with E-state index in [9.17, 15) is 4.79 Å². The van der Waals surface area contributed by atoms with Crippen LogP contribution in [-0.4, -0.2) is 50.6 Å². The Morgan fingerprint density at radius 3 is 2.79 bits per heavy atom. The predicted molar refractivity (Wildman–Crippen MR) is 71.0 cm³/mol. The Hall–Kier alpha value is -0.650. The standard InChI is InChI=1S/C14H25NO4/c1-14(13(16)17-2,15-11-5-6-11)7-9-18-10-12-4-3-8-19-12/h11-12,15H,3-10H2,1-2H3. The molecule has 0 aromatic rings. The summed E-state index contributed by atoms with van der Waals surface area (Å²) in [6.45, 7) is 3.91. The fourth-order valence-electron chi connectivity index (χ4n) is 2.40. The number of ether oxygens (including phenoxy) is 3. The van der Waals surface area contributed by atoms with Gasteiger partial charge in [-0.05, 0) is 39.0 Å². The zero-order chi connectivity index (χ0) is 13.7. The van der Waals surface area contributed by atoms with Crippen LogP contribution >= 0.6 is 0 Å². The van der Waals surface area contributed by atoms with Crippen LogP contribution in [0.5, 0.6) is 0 Å². The molecule has 2 aliphatic rings. The number of hydrogen-bond acceptors (Lipinski definition) is 5. The number of esters is 1. The molecule has 0 radical (unpaired) electrons. The molecule has 2 fully saturated rings. The largest absolute Gasteiger partial charge is 0.468 e. The van der Waals surface area contributed by atoms with Crippen molar-refractivity contribution in [3.05, 3.63) is 0 Å². The van der Waals surface area contributed by atoms with Crippen molar-refractivity contribution in [3.63, 3.8) is 0 Å². The smallest absolute Gasteiger partial charge is 0.325 e. The first-order chi connectivity index (χ1) is 9.14. The van der Waals surface area contributed by atoms with Gasteiger partial charge in [-0.3, -0.25) is 10.1 Å². The third kappa shape index (κ3) is 4.44. The van der Waals surface area contributed by atoms with E-state index in [0.29, 0.717) is 25.7 Å². The van der Waals surface area contributed by atoms with Gasteiger partial charge in [-0.1, -0.05) is 0 Å². The van der Waals surface area contributed by atoms with Gasteiger partial charge in [-0.25, -0.2) is 0 Å². The van der Waals surface area contributed by atoms with Crippen molar-refractivity contribution in [2.45, 2.75) is 56.7 Å². The SMILES string of the molecule is COC(=O)C(C)(CCOCC1CCCO1)NC1CC1. The second-order valence-corrected chi connectivity index (χ2v) is 5.70. The van der Waals surface area contributed by atoms with E-state index in [1.54, 1.807) is 0 Å². The zero-order valence-electron chi connectivity index (χ0n) is 11.9. The van der Waals surface area contributed by atoms with Crippen LogP contribution in [0.4, 0.5) is 0 Å². The Morgan fingerprint density at radius 2 is 2.21 bits per heavy atom. The molecule has 110 valence electrons. The quantitative estimate of drug-likeness (QED) is 0.532. The van der Waals surface area contributed by atoms with Crippen molar-refractivity contribution in [1.29, 1.82) is 0 Å². The molecule has 5 heteroatoms. The van der Waals surface area contributed by atoms with Gasteiger partial charge in [-0.2, -0.15) is 0 Å². The molecule has 2 unspecified atom stereocenters. The Morgan fingerprint density at radius 1 is 1.42 bits per heavy atom. The molecule has 2 rings (SSSR count). The van der Waals surface area contributed by atoms with Gasteiger partial charge in [0.15, 0.2) is 0 Å². The van der Waals surface area contributed by atoms with Gasteiger partial charge in [0, 0.05) is 19.3 Å². The van der Waals surface area contributed by atoms with Crippen LogP contribution in [-0.2, 0) is 19.0 Å². The molecule has 1 heterocycles. The van der Waals surface area contributed by atoms with Crippen molar-refractivity contribution in [1.82, 2.24) is 5.32 Å². The second kappa shape index (κ2) is 6.68. The van der Waals surface area contributed by atoms with Crippen molar-refractivity contribution >= 4 is 5.97 Å². The molecular weight excluding hydrogens is 246 g/mol. The van der Waals surface area contributed by atoms with Crippen LogP contribution in [0.3, 0.4) is 0 Å². The van der Waals surface area contributed by atoms with Crippen molar-refractivity contribution < 1.29 is 19.0 Å². The van der Waals surface area contributed by atoms with Crippen molar-refractivity contribution in [2.75, 3.05) is 26.9 Å². The number of carbonyl (C=O) groups is 1. The molecule has 5 nitrogen and oxygen atoms in total. The summed E-state index contributed by atoms with van der Waals surface area (Å²) in [7, 11) is 1.43. The zero-order valence-corrected chi connectivity index (χ0v) is 11.9.